The van der Waals surface area contributed by atoms with Gasteiger partial charge < -0.3 is 5.32 Å². The molecule has 0 aliphatic rings. The Labute approximate surface area is 168 Å². The molecule has 0 aliphatic carbocycles. The van der Waals surface area contributed by atoms with Crippen molar-refractivity contribution in [3.05, 3.63) is 94.8 Å². The summed E-state index contributed by atoms with van der Waals surface area (Å²) in [6.45, 7) is 1.82. The van der Waals surface area contributed by atoms with Crippen molar-refractivity contribution < 1.29 is 22.4 Å². The summed E-state index contributed by atoms with van der Waals surface area (Å²) in [7, 11) is -3.36. The van der Waals surface area contributed by atoms with Crippen LogP contribution in [0.2, 0.25) is 0 Å². The first-order chi connectivity index (χ1) is 13.6. The topological polar surface area (TPSA) is 80.3 Å². The Morgan fingerprint density at radius 1 is 0.862 bits per heavy atom. The molecule has 0 fully saturated rings. The summed E-state index contributed by atoms with van der Waals surface area (Å²) in [4.78, 5) is 25.6. The number of amides is 1. The van der Waals surface area contributed by atoms with Crippen LogP contribution in [-0.2, 0) is 9.84 Å². The number of nitrogens with one attached hydrogen (secondary N) is 1. The fourth-order valence-corrected chi connectivity index (χ4v) is 3.39. The maximum atomic E-state index is 13.2. The van der Waals surface area contributed by atoms with Gasteiger partial charge in [0.2, 0.25) is 0 Å². The van der Waals surface area contributed by atoms with Crippen molar-refractivity contribution in [2.75, 3.05) is 11.6 Å². The van der Waals surface area contributed by atoms with E-state index in [0.717, 1.165) is 11.8 Å². The zero-order chi connectivity index (χ0) is 21.2. The average Bonchev–Trinajstić information content (AvgIpc) is 2.69. The summed E-state index contributed by atoms with van der Waals surface area (Å²) in [6.07, 6.45) is 1.09. The maximum Gasteiger partial charge on any atom is 0.255 e. The monoisotopic (exact) mass is 411 g/mol. The molecule has 5 nitrogen and oxygen atoms in total. The van der Waals surface area contributed by atoms with Crippen LogP contribution in [-0.4, -0.2) is 26.4 Å². The van der Waals surface area contributed by atoms with Gasteiger partial charge >= 0.3 is 0 Å². The van der Waals surface area contributed by atoms with Crippen LogP contribution in [0.1, 0.15) is 31.8 Å². The molecule has 0 aliphatic heterocycles. The molecule has 0 unspecified atom stereocenters. The number of ketones is 1. The van der Waals surface area contributed by atoms with Crippen molar-refractivity contribution >= 4 is 27.2 Å². The van der Waals surface area contributed by atoms with Gasteiger partial charge in [0.25, 0.3) is 5.91 Å². The van der Waals surface area contributed by atoms with E-state index in [1.165, 1.54) is 48.5 Å². The van der Waals surface area contributed by atoms with Crippen molar-refractivity contribution in [2.45, 2.75) is 11.8 Å². The molecular weight excluding hydrogens is 393 g/mol. The number of aryl methyl sites for hydroxylation is 1. The van der Waals surface area contributed by atoms with E-state index in [9.17, 15) is 22.4 Å². The number of anilines is 1. The number of benzene rings is 3. The molecule has 3 aromatic carbocycles. The molecule has 0 heterocycles. The number of sulfone groups is 1. The van der Waals surface area contributed by atoms with Gasteiger partial charge in [-0.3, -0.25) is 9.59 Å². The van der Waals surface area contributed by atoms with Gasteiger partial charge in [-0.2, -0.15) is 0 Å². The average molecular weight is 411 g/mol. The lowest BCUT2D eigenvalue weighted by atomic mass is 9.99. The van der Waals surface area contributed by atoms with Gasteiger partial charge in [-0.1, -0.05) is 11.6 Å². The number of halogens is 1. The van der Waals surface area contributed by atoms with Crippen LogP contribution < -0.4 is 5.32 Å². The molecule has 3 aromatic rings. The van der Waals surface area contributed by atoms with E-state index in [1.807, 2.05) is 6.92 Å². The minimum atomic E-state index is -3.36. The second kappa shape index (κ2) is 7.97. The fourth-order valence-electron chi connectivity index (χ4n) is 2.76. The Kier molecular flexibility index (Phi) is 5.61. The van der Waals surface area contributed by atoms with Crippen LogP contribution in [0, 0.1) is 12.7 Å². The molecule has 29 heavy (non-hydrogen) atoms. The molecule has 0 spiro atoms. The lowest BCUT2D eigenvalue weighted by molar-refractivity contribution is 0.102. The molecule has 0 aromatic heterocycles. The SMILES string of the molecule is Cc1ccc(NC(=O)c2ccc(S(C)(=O)=O)cc2)c(C(=O)c2ccc(F)cc2)c1. The Balaban J connectivity index is 1.90. The highest BCUT2D eigenvalue weighted by Gasteiger charge is 2.17. The van der Waals surface area contributed by atoms with Gasteiger partial charge in [-0.15, -0.1) is 0 Å². The number of carbonyl (C=O) groups excluding carboxylic acids is 2. The Hall–Kier alpha value is -3.32. The summed E-state index contributed by atoms with van der Waals surface area (Å²) in [6, 6.07) is 15.7. The summed E-state index contributed by atoms with van der Waals surface area (Å²) < 4.78 is 36.3. The number of hydrogen-bond acceptors (Lipinski definition) is 4. The van der Waals surface area contributed by atoms with Gasteiger partial charge in [0.05, 0.1) is 10.6 Å². The molecule has 0 saturated heterocycles. The van der Waals surface area contributed by atoms with Gasteiger partial charge in [0.15, 0.2) is 15.6 Å². The fraction of sp³-hybridized carbons (Fsp3) is 0.0909. The van der Waals surface area contributed by atoms with Crippen molar-refractivity contribution in [2.24, 2.45) is 0 Å². The molecule has 0 bridgehead atoms. The molecule has 148 valence electrons. The first kappa shape index (κ1) is 20.4. The zero-order valence-corrected chi connectivity index (χ0v) is 16.6. The Morgan fingerprint density at radius 3 is 2.03 bits per heavy atom. The van der Waals surface area contributed by atoms with Gasteiger partial charge in [-0.05, 0) is 67.6 Å². The third-order valence-electron chi connectivity index (χ3n) is 4.32. The minimum Gasteiger partial charge on any atom is -0.321 e. The zero-order valence-electron chi connectivity index (χ0n) is 15.8. The first-order valence-corrected chi connectivity index (χ1v) is 10.6. The Bertz CT molecular complexity index is 1180. The quantitative estimate of drug-likeness (QED) is 0.643. The van der Waals surface area contributed by atoms with Crippen LogP contribution in [0.15, 0.2) is 71.6 Å². The van der Waals surface area contributed by atoms with Gasteiger partial charge in [0.1, 0.15) is 5.82 Å². The second-order valence-corrected chi connectivity index (χ2v) is 8.65. The van der Waals surface area contributed by atoms with Gasteiger partial charge in [-0.25, -0.2) is 12.8 Å². The molecule has 7 heteroatoms. The lowest BCUT2D eigenvalue weighted by Gasteiger charge is -2.12. The molecule has 1 amide bonds. The third kappa shape index (κ3) is 4.75. The number of carbonyl (C=O) groups is 2. The van der Waals surface area contributed by atoms with Crippen molar-refractivity contribution in [3.8, 4) is 0 Å². The molecule has 3 rings (SSSR count). The highest BCUT2D eigenvalue weighted by Crippen LogP contribution is 2.22. The highest BCUT2D eigenvalue weighted by molar-refractivity contribution is 7.90. The highest BCUT2D eigenvalue weighted by atomic mass is 32.2. The summed E-state index contributed by atoms with van der Waals surface area (Å²) in [5.41, 5.74) is 1.95. The maximum absolute atomic E-state index is 13.2. The first-order valence-electron chi connectivity index (χ1n) is 8.67. The molecular formula is C22H18FNO4S. The largest absolute Gasteiger partial charge is 0.321 e. The van der Waals surface area contributed by atoms with E-state index in [1.54, 1.807) is 18.2 Å². The van der Waals surface area contributed by atoms with Crippen LogP contribution in [0.5, 0.6) is 0 Å². The van der Waals surface area contributed by atoms with E-state index < -0.39 is 21.6 Å². The van der Waals surface area contributed by atoms with E-state index in [-0.39, 0.29) is 21.8 Å². The van der Waals surface area contributed by atoms with E-state index in [2.05, 4.69) is 5.32 Å². The smallest absolute Gasteiger partial charge is 0.255 e. The molecule has 0 radical (unpaired) electrons. The summed E-state index contributed by atoms with van der Waals surface area (Å²) in [5.74, 6) is -1.28. The number of rotatable bonds is 5. The van der Waals surface area contributed by atoms with Crippen LogP contribution in [0.3, 0.4) is 0 Å². The van der Waals surface area contributed by atoms with Crippen LogP contribution in [0.25, 0.3) is 0 Å². The Morgan fingerprint density at radius 2 is 1.45 bits per heavy atom. The predicted molar refractivity (Wildman–Crippen MR) is 109 cm³/mol. The van der Waals surface area contributed by atoms with Crippen LogP contribution in [0.4, 0.5) is 10.1 Å². The van der Waals surface area contributed by atoms with Gasteiger partial charge in [0, 0.05) is 22.9 Å². The van der Waals surface area contributed by atoms with E-state index in [0.29, 0.717) is 11.3 Å². The normalized spacial score (nSPS) is 11.1. The van der Waals surface area contributed by atoms with E-state index >= 15 is 0 Å². The standard InChI is InChI=1S/C22H18FNO4S/c1-14-3-12-20(19(13-14)21(25)15-4-8-17(23)9-5-15)24-22(26)16-6-10-18(11-7-16)29(2,27)28/h3-13H,1-2H3,(H,24,26). The summed E-state index contributed by atoms with van der Waals surface area (Å²) >= 11 is 0. The molecule has 0 saturated carbocycles. The second-order valence-electron chi connectivity index (χ2n) is 6.64. The molecule has 0 atom stereocenters. The predicted octanol–water partition coefficient (Wildman–Crippen LogP) is 4.02. The van der Waals surface area contributed by atoms with Crippen molar-refractivity contribution in [1.82, 2.24) is 0 Å². The molecule has 1 N–H and O–H groups in total. The van der Waals surface area contributed by atoms with Crippen molar-refractivity contribution in [3.63, 3.8) is 0 Å². The van der Waals surface area contributed by atoms with Crippen LogP contribution >= 0.6 is 0 Å². The van der Waals surface area contributed by atoms with E-state index in [4.69, 9.17) is 0 Å². The van der Waals surface area contributed by atoms with Crippen molar-refractivity contribution in [1.29, 1.82) is 0 Å². The summed E-state index contributed by atoms with van der Waals surface area (Å²) in [5, 5.41) is 2.69. The number of hydrogen-bond donors (Lipinski definition) is 1. The third-order valence-corrected chi connectivity index (χ3v) is 5.45. The minimum absolute atomic E-state index is 0.108. The lowest BCUT2D eigenvalue weighted by Crippen LogP contribution is -2.15.